The van der Waals surface area contributed by atoms with Gasteiger partial charge in [0.05, 0.1) is 12.2 Å². The summed E-state index contributed by atoms with van der Waals surface area (Å²) in [5, 5.41) is 11.1. The highest BCUT2D eigenvalue weighted by molar-refractivity contribution is 5.79. The summed E-state index contributed by atoms with van der Waals surface area (Å²) < 4.78 is 7.77. The first kappa shape index (κ1) is 19.8. The highest BCUT2D eigenvalue weighted by atomic mass is 16.5. The Bertz CT molecular complexity index is 691. The fourth-order valence-corrected chi connectivity index (χ4v) is 2.63. The molecule has 6 heteroatoms. The van der Waals surface area contributed by atoms with Gasteiger partial charge in [0.15, 0.2) is 5.96 Å². The average molecular weight is 358 g/mol. The highest BCUT2D eigenvalue weighted by Crippen LogP contribution is 2.10. The molecule has 6 nitrogen and oxygen atoms in total. The molecule has 0 amide bonds. The smallest absolute Gasteiger partial charge is 0.191 e. The molecule has 0 spiro atoms. The molecule has 0 fully saturated rings. The van der Waals surface area contributed by atoms with Crippen LogP contribution in [0.15, 0.2) is 35.3 Å². The van der Waals surface area contributed by atoms with Crippen LogP contribution in [0.1, 0.15) is 30.3 Å². The number of hydrogen-bond acceptors (Lipinski definition) is 3. The molecular formula is C20H31N5O. The van der Waals surface area contributed by atoms with Crippen LogP contribution in [0, 0.1) is 20.8 Å². The Labute approximate surface area is 156 Å². The van der Waals surface area contributed by atoms with E-state index in [9.17, 15) is 0 Å². The quantitative estimate of drug-likeness (QED) is 0.411. The monoisotopic (exact) mass is 357 g/mol. The largest absolute Gasteiger partial charge is 0.492 e. The molecule has 1 aromatic carbocycles. The van der Waals surface area contributed by atoms with Gasteiger partial charge in [0.25, 0.3) is 0 Å². The molecule has 0 unspecified atom stereocenters. The molecular weight excluding hydrogens is 326 g/mol. The molecule has 0 saturated heterocycles. The lowest BCUT2D eigenvalue weighted by molar-refractivity contribution is 0.322. The Hall–Kier alpha value is -2.50. The Morgan fingerprint density at radius 1 is 1.15 bits per heavy atom. The fourth-order valence-electron chi connectivity index (χ4n) is 2.63. The zero-order chi connectivity index (χ0) is 18.8. The first-order chi connectivity index (χ1) is 12.6. The average Bonchev–Trinajstić information content (AvgIpc) is 2.94. The molecule has 2 N–H and O–H groups in total. The molecule has 0 aliphatic heterocycles. The number of nitrogens with zero attached hydrogens (tertiary/aromatic N) is 3. The predicted molar refractivity (Wildman–Crippen MR) is 107 cm³/mol. The van der Waals surface area contributed by atoms with Crippen LogP contribution in [-0.2, 0) is 6.54 Å². The highest BCUT2D eigenvalue weighted by Gasteiger charge is 2.01. The van der Waals surface area contributed by atoms with E-state index in [2.05, 4.69) is 59.7 Å². The van der Waals surface area contributed by atoms with Crippen LogP contribution in [0.3, 0.4) is 0 Å². The van der Waals surface area contributed by atoms with E-state index in [1.165, 1.54) is 11.3 Å². The number of rotatable bonds is 9. The number of nitrogens with one attached hydrogen (secondary N) is 2. The van der Waals surface area contributed by atoms with Crippen molar-refractivity contribution in [2.24, 2.45) is 4.99 Å². The molecule has 26 heavy (non-hydrogen) atoms. The Balaban J connectivity index is 1.70. The number of guanidine groups is 1. The van der Waals surface area contributed by atoms with Gasteiger partial charge in [-0.3, -0.25) is 9.67 Å². The van der Waals surface area contributed by atoms with Gasteiger partial charge in [-0.05, 0) is 52.3 Å². The summed E-state index contributed by atoms with van der Waals surface area (Å²) >= 11 is 0. The third-order valence-electron chi connectivity index (χ3n) is 3.93. The first-order valence-corrected chi connectivity index (χ1v) is 9.31. The summed E-state index contributed by atoms with van der Waals surface area (Å²) in [4.78, 5) is 4.62. The van der Waals surface area contributed by atoms with E-state index in [0.717, 1.165) is 43.5 Å². The maximum Gasteiger partial charge on any atom is 0.191 e. The third-order valence-corrected chi connectivity index (χ3v) is 3.93. The first-order valence-electron chi connectivity index (χ1n) is 9.31. The minimum Gasteiger partial charge on any atom is -0.492 e. The number of hydrogen-bond donors (Lipinski definition) is 2. The van der Waals surface area contributed by atoms with Crippen LogP contribution < -0.4 is 15.4 Å². The predicted octanol–water partition coefficient (Wildman–Crippen LogP) is 2.83. The van der Waals surface area contributed by atoms with Crippen LogP contribution in [-0.4, -0.2) is 42.0 Å². The molecule has 0 saturated carbocycles. The second kappa shape index (κ2) is 10.5. The maximum atomic E-state index is 5.73. The summed E-state index contributed by atoms with van der Waals surface area (Å²) in [6.45, 7) is 12.0. The third kappa shape index (κ3) is 6.78. The van der Waals surface area contributed by atoms with Crippen molar-refractivity contribution >= 4 is 5.96 Å². The molecule has 0 bridgehead atoms. The van der Waals surface area contributed by atoms with Gasteiger partial charge in [0, 0.05) is 25.3 Å². The lowest BCUT2D eigenvalue weighted by Crippen LogP contribution is -2.39. The van der Waals surface area contributed by atoms with Gasteiger partial charge in [-0.25, -0.2) is 0 Å². The van der Waals surface area contributed by atoms with Crippen molar-refractivity contribution in [2.75, 3.05) is 26.2 Å². The van der Waals surface area contributed by atoms with E-state index >= 15 is 0 Å². The standard InChI is InChI=1S/C20H31N5O/c1-5-21-20(22-11-6-13-25-18(4)15-17(3)24-25)23-12-14-26-19-9-7-16(2)8-10-19/h7-10,15H,5-6,11-14H2,1-4H3,(H2,21,22,23). The Kier molecular flexibility index (Phi) is 7.99. The van der Waals surface area contributed by atoms with Crippen LogP contribution in [0.4, 0.5) is 0 Å². The molecule has 0 radical (unpaired) electrons. The van der Waals surface area contributed by atoms with E-state index in [1.54, 1.807) is 0 Å². The second-order valence-electron chi connectivity index (χ2n) is 6.35. The summed E-state index contributed by atoms with van der Waals surface area (Å²) in [5.74, 6) is 1.72. The van der Waals surface area contributed by atoms with Gasteiger partial charge in [-0.15, -0.1) is 0 Å². The normalized spacial score (nSPS) is 11.5. The number of aromatic nitrogens is 2. The molecule has 142 valence electrons. The van der Waals surface area contributed by atoms with Crippen molar-refractivity contribution in [1.82, 2.24) is 20.4 Å². The molecule has 1 heterocycles. The second-order valence-corrected chi connectivity index (χ2v) is 6.35. The molecule has 0 aliphatic rings. The van der Waals surface area contributed by atoms with E-state index in [4.69, 9.17) is 4.74 Å². The van der Waals surface area contributed by atoms with Crippen LogP contribution in [0.25, 0.3) is 0 Å². The fraction of sp³-hybridized carbons (Fsp3) is 0.500. The van der Waals surface area contributed by atoms with Gasteiger partial charge in [-0.2, -0.15) is 5.10 Å². The van der Waals surface area contributed by atoms with E-state index in [1.807, 2.05) is 23.7 Å². The van der Waals surface area contributed by atoms with Gasteiger partial charge >= 0.3 is 0 Å². The van der Waals surface area contributed by atoms with Crippen LogP contribution >= 0.6 is 0 Å². The lowest BCUT2D eigenvalue weighted by Gasteiger charge is -2.12. The zero-order valence-corrected chi connectivity index (χ0v) is 16.4. The number of aryl methyl sites for hydroxylation is 4. The van der Waals surface area contributed by atoms with E-state index < -0.39 is 0 Å². The molecule has 2 aromatic rings. The van der Waals surface area contributed by atoms with Crippen molar-refractivity contribution in [3.8, 4) is 5.75 Å². The van der Waals surface area contributed by atoms with Crippen molar-refractivity contribution in [2.45, 2.75) is 40.7 Å². The van der Waals surface area contributed by atoms with Crippen molar-refractivity contribution in [3.63, 3.8) is 0 Å². The summed E-state index contributed by atoms with van der Waals surface area (Å²) in [7, 11) is 0. The number of ether oxygens (including phenoxy) is 1. The Morgan fingerprint density at radius 2 is 1.92 bits per heavy atom. The molecule has 0 aliphatic carbocycles. The molecule has 1 aromatic heterocycles. The van der Waals surface area contributed by atoms with Gasteiger partial charge in [-0.1, -0.05) is 17.7 Å². The SMILES string of the molecule is CCNC(=NCCCn1nc(C)cc1C)NCCOc1ccc(C)cc1. The molecule has 0 atom stereocenters. The van der Waals surface area contributed by atoms with Gasteiger partial charge in [0.1, 0.15) is 12.4 Å². The summed E-state index contributed by atoms with van der Waals surface area (Å²) in [5.41, 5.74) is 3.50. The van der Waals surface area contributed by atoms with Crippen LogP contribution in [0.5, 0.6) is 5.75 Å². The van der Waals surface area contributed by atoms with Crippen molar-refractivity contribution in [1.29, 1.82) is 0 Å². The summed E-state index contributed by atoms with van der Waals surface area (Å²) in [6.07, 6.45) is 0.957. The molecule has 2 rings (SSSR count). The number of aliphatic imine (C=N–C) groups is 1. The Morgan fingerprint density at radius 3 is 2.58 bits per heavy atom. The maximum absolute atomic E-state index is 5.73. The van der Waals surface area contributed by atoms with E-state index in [-0.39, 0.29) is 0 Å². The van der Waals surface area contributed by atoms with Crippen molar-refractivity contribution < 1.29 is 4.74 Å². The number of benzene rings is 1. The zero-order valence-electron chi connectivity index (χ0n) is 16.4. The van der Waals surface area contributed by atoms with Crippen molar-refractivity contribution in [3.05, 3.63) is 47.3 Å². The lowest BCUT2D eigenvalue weighted by atomic mass is 10.2. The van der Waals surface area contributed by atoms with Crippen LogP contribution in [0.2, 0.25) is 0 Å². The van der Waals surface area contributed by atoms with Gasteiger partial charge in [0.2, 0.25) is 0 Å². The topological polar surface area (TPSA) is 63.5 Å². The van der Waals surface area contributed by atoms with Gasteiger partial charge < -0.3 is 15.4 Å². The minimum atomic E-state index is 0.596. The minimum absolute atomic E-state index is 0.596. The summed E-state index contributed by atoms with van der Waals surface area (Å²) in [6, 6.07) is 10.2. The van der Waals surface area contributed by atoms with E-state index in [0.29, 0.717) is 13.2 Å².